The van der Waals surface area contributed by atoms with E-state index in [0.29, 0.717) is 16.7 Å². The largest absolute Gasteiger partial charge is 0.335 e. The minimum absolute atomic E-state index is 0.238. The molecule has 0 aliphatic rings. The summed E-state index contributed by atoms with van der Waals surface area (Å²) >= 11 is 1.47. The monoisotopic (exact) mass is 314 g/mol. The molecule has 4 nitrogen and oxygen atoms in total. The SMILES string of the molecule is Cc1cccc(-c2nnc(SCc3ccc(F)cc3)n2N)c1. The lowest BCUT2D eigenvalue weighted by Gasteiger charge is -2.04. The van der Waals surface area contributed by atoms with E-state index < -0.39 is 0 Å². The number of halogens is 1. The Kier molecular flexibility index (Phi) is 4.11. The lowest BCUT2D eigenvalue weighted by Crippen LogP contribution is -2.11. The van der Waals surface area contributed by atoms with Crippen LogP contribution in [0.25, 0.3) is 11.4 Å². The van der Waals surface area contributed by atoms with Crippen molar-refractivity contribution in [3.05, 3.63) is 65.5 Å². The number of nitrogens with zero attached hydrogens (tertiary/aromatic N) is 3. The molecule has 1 heterocycles. The van der Waals surface area contributed by atoms with Crippen LogP contribution in [0.5, 0.6) is 0 Å². The summed E-state index contributed by atoms with van der Waals surface area (Å²) in [5.41, 5.74) is 3.08. The van der Waals surface area contributed by atoms with Crippen molar-refractivity contribution in [1.82, 2.24) is 14.9 Å². The fourth-order valence-corrected chi connectivity index (χ4v) is 2.90. The first kappa shape index (κ1) is 14.6. The minimum atomic E-state index is -0.238. The van der Waals surface area contributed by atoms with Gasteiger partial charge in [0.25, 0.3) is 0 Å². The Bertz CT molecular complexity index is 783. The Morgan fingerprint density at radius 2 is 1.91 bits per heavy atom. The zero-order valence-electron chi connectivity index (χ0n) is 12.0. The average molecular weight is 314 g/mol. The van der Waals surface area contributed by atoms with Gasteiger partial charge in [-0.05, 0) is 30.7 Å². The van der Waals surface area contributed by atoms with Crippen molar-refractivity contribution in [1.29, 1.82) is 0 Å². The van der Waals surface area contributed by atoms with Gasteiger partial charge in [0.1, 0.15) is 5.82 Å². The molecular weight excluding hydrogens is 299 g/mol. The van der Waals surface area contributed by atoms with Crippen molar-refractivity contribution < 1.29 is 4.39 Å². The normalized spacial score (nSPS) is 10.8. The molecule has 0 saturated heterocycles. The first-order chi connectivity index (χ1) is 10.6. The molecule has 2 aromatic carbocycles. The Morgan fingerprint density at radius 1 is 1.14 bits per heavy atom. The number of thioether (sulfide) groups is 1. The fourth-order valence-electron chi connectivity index (χ4n) is 2.08. The highest BCUT2D eigenvalue weighted by Crippen LogP contribution is 2.24. The summed E-state index contributed by atoms with van der Waals surface area (Å²) in [5.74, 6) is 7.13. The van der Waals surface area contributed by atoms with Crippen molar-refractivity contribution in [2.24, 2.45) is 0 Å². The van der Waals surface area contributed by atoms with Crippen molar-refractivity contribution >= 4 is 11.8 Å². The van der Waals surface area contributed by atoms with E-state index >= 15 is 0 Å². The maximum Gasteiger partial charge on any atom is 0.210 e. The van der Waals surface area contributed by atoms with Crippen LogP contribution < -0.4 is 5.84 Å². The number of hydrogen-bond donors (Lipinski definition) is 1. The third-order valence-electron chi connectivity index (χ3n) is 3.22. The molecule has 1 aromatic heterocycles. The summed E-state index contributed by atoms with van der Waals surface area (Å²) in [4.78, 5) is 0. The molecule has 0 aliphatic carbocycles. The van der Waals surface area contributed by atoms with Crippen molar-refractivity contribution in [2.75, 3.05) is 5.84 Å². The molecule has 0 spiro atoms. The number of nitrogens with two attached hydrogens (primary N) is 1. The van der Waals surface area contributed by atoms with Crippen LogP contribution >= 0.6 is 11.8 Å². The zero-order valence-corrected chi connectivity index (χ0v) is 12.8. The van der Waals surface area contributed by atoms with E-state index in [0.717, 1.165) is 16.7 Å². The molecule has 3 aromatic rings. The van der Waals surface area contributed by atoms with Gasteiger partial charge in [-0.2, -0.15) is 0 Å². The zero-order chi connectivity index (χ0) is 15.5. The Labute approximate surface area is 132 Å². The number of aryl methyl sites for hydroxylation is 1. The van der Waals surface area contributed by atoms with Crippen LogP contribution in [-0.4, -0.2) is 14.9 Å². The van der Waals surface area contributed by atoms with Gasteiger partial charge in [0.2, 0.25) is 5.16 Å². The van der Waals surface area contributed by atoms with Crippen LogP contribution in [0.15, 0.2) is 53.7 Å². The van der Waals surface area contributed by atoms with Gasteiger partial charge < -0.3 is 5.84 Å². The molecule has 0 bridgehead atoms. The van der Waals surface area contributed by atoms with Gasteiger partial charge in [-0.25, -0.2) is 9.07 Å². The van der Waals surface area contributed by atoms with Crippen molar-refractivity contribution in [2.45, 2.75) is 17.8 Å². The smallest absolute Gasteiger partial charge is 0.210 e. The number of hydrogen-bond acceptors (Lipinski definition) is 4. The fraction of sp³-hybridized carbons (Fsp3) is 0.125. The molecule has 0 fully saturated rings. The first-order valence-corrected chi connectivity index (χ1v) is 7.77. The molecule has 112 valence electrons. The summed E-state index contributed by atoms with van der Waals surface area (Å²) in [6.07, 6.45) is 0. The van der Waals surface area contributed by atoms with E-state index in [9.17, 15) is 4.39 Å². The highest BCUT2D eigenvalue weighted by atomic mass is 32.2. The van der Waals surface area contributed by atoms with Crippen LogP contribution in [0.2, 0.25) is 0 Å². The number of benzene rings is 2. The van der Waals surface area contributed by atoms with Gasteiger partial charge >= 0.3 is 0 Å². The molecule has 0 amide bonds. The van der Waals surface area contributed by atoms with Gasteiger partial charge in [-0.15, -0.1) is 10.2 Å². The number of aromatic nitrogens is 3. The summed E-state index contributed by atoms with van der Waals surface area (Å²) in [7, 11) is 0. The molecule has 0 aliphatic heterocycles. The van der Waals surface area contributed by atoms with Crippen LogP contribution in [0.3, 0.4) is 0 Å². The average Bonchev–Trinajstić information content (AvgIpc) is 2.88. The summed E-state index contributed by atoms with van der Waals surface area (Å²) in [5, 5.41) is 8.92. The quantitative estimate of drug-likeness (QED) is 0.592. The third-order valence-corrected chi connectivity index (χ3v) is 4.24. The number of nitrogen functional groups attached to an aromatic ring is 1. The van der Waals surface area contributed by atoms with E-state index in [2.05, 4.69) is 10.2 Å². The first-order valence-electron chi connectivity index (χ1n) is 6.78. The maximum atomic E-state index is 12.9. The van der Waals surface area contributed by atoms with Crippen LogP contribution in [0.1, 0.15) is 11.1 Å². The lowest BCUT2D eigenvalue weighted by atomic mass is 10.1. The maximum absolute atomic E-state index is 12.9. The minimum Gasteiger partial charge on any atom is -0.335 e. The molecule has 0 radical (unpaired) electrons. The molecule has 0 saturated carbocycles. The van der Waals surface area contributed by atoms with E-state index in [1.165, 1.54) is 28.6 Å². The standard InChI is InChI=1S/C16H15FN4S/c1-11-3-2-4-13(9-11)15-19-20-16(21(15)18)22-10-12-5-7-14(17)8-6-12/h2-9H,10,18H2,1H3. The molecule has 3 rings (SSSR count). The van der Waals surface area contributed by atoms with Crippen LogP contribution in [0, 0.1) is 12.7 Å². The molecule has 0 atom stereocenters. The summed E-state index contributed by atoms with van der Waals surface area (Å²) < 4.78 is 14.4. The highest BCUT2D eigenvalue weighted by Gasteiger charge is 2.12. The third kappa shape index (κ3) is 3.12. The van der Waals surface area contributed by atoms with Crippen LogP contribution in [0.4, 0.5) is 4.39 Å². The Balaban J connectivity index is 1.77. The topological polar surface area (TPSA) is 56.7 Å². The van der Waals surface area contributed by atoms with Gasteiger partial charge in [0.15, 0.2) is 5.82 Å². The van der Waals surface area contributed by atoms with Crippen molar-refractivity contribution in [3.8, 4) is 11.4 Å². The second kappa shape index (κ2) is 6.19. The van der Waals surface area contributed by atoms with E-state index in [4.69, 9.17) is 5.84 Å². The predicted octanol–water partition coefficient (Wildman–Crippen LogP) is 3.40. The van der Waals surface area contributed by atoms with Gasteiger partial charge in [-0.1, -0.05) is 47.7 Å². The number of rotatable bonds is 4. The second-order valence-electron chi connectivity index (χ2n) is 4.96. The molecular formula is C16H15FN4S. The van der Waals surface area contributed by atoms with E-state index in [1.807, 2.05) is 31.2 Å². The summed E-state index contributed by atoms with van der Waals surface area (Å²) in [6, 6.07) is 14.3. The lowest BCUT2D eigenvalue weighted by molar-refractivity contribution is 0.627. The van der Waals surface area contributed by atoms with E-state index in [1.54, 1.807) is 12.1 Å². The Hall–Kier alpha value is -2.34. The van der Waals surface area contributed by atoms with Gasteiger partial charge in [0, 0.05) is 11.3 Å². The molecule has 22 heavy (non-hydrogen) atoms. The molecule has 2 N–H and O–H groups in total. The van der Waals surface area contributed by atoms with Crippen LogP contribution in [-0.2, 0) is 5.75 Å². The molecule has 6 heteroatoms. The molecule has 0 unspecified atom stereocenters. The predicted molar refractivity (Wildman–Crippen MR) is 86.3 cm³/mol. The highest BCUT2D eigenvalue weighted by molar-refractivity contribution is 7.98. The van der Waals surface area contributed by atoms with Gasteiger partial charge in [-0.3, -0.25) is 0 Å². The second-order valence-corrected chi connectivity index (χ2v) is 5.90. The van der Waals surface area contributed by atoms with Crippen molar-refractivity contribution in [3.63, 3.8) is 0 Å². The van der Waals surface area contributed by atoms with Gasteiger partial charge in [0.05, 0.1) is 0 Å². The summed E-state index contributed by atoms with van der Waals surface area (Å²) in [6.45, 7) is 2.02. The van der Waals surface area contributed by atoms with E-state index in [-0.39, 0.29) is 5.82 Å². The Morgan fingerprint density at radius 3 is 2.64 bits per heavy atom.